The van der Waals surface area contributed by atoms with E-state index in [1.54, 1.807) is 11.3 Å². The zero-order chi connectivity index (χ0) is 14.5. The smallest absolute Gasteiger partial charge is 0.121 e. The average molecular weight is 290 g/mol. The van der Waals surface area contributed by atoms with Gasteiger partial charge in [-0.05, 0) is 39.3 Å². The number of hydrogen-bond donors (Lipinski definition) is 1. The molecule has 0 aliphatic heterocycles. The molecule has 108 valence electrons. The van der Waals surface area contributed by atoms with E-state index in [2.05, 4.69) is 42.5 Å². The minimum atomic E-state index is 0.193. The molecule has 1 aromatic heterocycles. The van der Waals surface area contributed by atoms with Gasteiger partial charge in [-0.15, -0.1) is 11.3 Å². The minimum absolute atomic E-state index is 0.193. The van der Waals surface area contributed by atoms with Gasteiger partial charge in [0.1, 0.15) is 5.75 Å². The number of thiazole rings is 1. The lowest BCUT2D eigenvalue weighted by Gasteiger charge is -2.16. The molecule has 0 radical (unpaired) electrons. The van der Waals surface area contributed by atoms with Crippen LogP contribution in [0.25, 0.3) is 0 Å². The van der Waals surface area contributed by atoms with Crippen molar-refractivity contribution in [2.45, 2.75) is 46.3 Å². The van der Waals surface area contributed by atoms with Crippen molar-refractivity contribution in [1.82, 2.24) is 4.98 Å². The van der Waals surface area contributed by atoms with E-state index in [0.29, 0.717) is 0 Å². The van der Waals surface area contributed by atoms with Gasteiger partial charge in [0.05, 0.1) is 22.8 Å². The third-order valence-electron chi connectivity index (χ3n) is 3.21. The summed E-state index contributed by atoms with van der Waals surface area (Å²) >= 11 is 1.68. The highest BCUT2D eigenvalue weighted by Gasteiger charge is 2.09. The van der Waals surface area contributed by atoms with Crippen LogP contribution in [0.2, 0.25) is 0 Å². The van der Waals surface area contributed by atoms with Crippen molar-refractivity contribution in [3.8, 4) is 5.75 Å². The molecule has 1 heterocycles. The summed E-state index contributed by atoms with van der Waals surface area (Å²) in [4.78, 5) is 4.52. The standard InChI is InChI=1S/C16H22N2OS/c1-5-11(2)19-15-8-6-7-14(9-15)17-12(3)16-10-20-13(4)18-16/h6-12,17H,5H2,1-4H3. The molecule has 20 heavy (non-hydrogen) atoms. The van der Waals surface area contributed by atoms with Crippen LogP contribution in [-0.2, 0) is 0 Å². The maximum atomic E-state index is 5.84. The Balaban J connectivity index is 2.04. The van der Waals surface area contributed by atoms with E-state index >= 15 is 0 Å². The Bertz CT molecular complexity index is 553. The van der Waals surface area contributed by atoms with E-state index in [1.165, 1.54) is 0 Å². The number of aryl methyl sites for hydroxylation is 1. The van der Waals surface area contributed by atoms with Crippen LogP contribution in [-0.4, -0.2) is 11.1 Å². The molecule has 0 amide bonds. The summed E-state index contributed by atoms with van der Waals surface area (Å²) in [6.07, 6.45) is 1.25. The van der Waals surface area contributed by atoms with Crippen LogP contribution in [0.5, 0.6) is 5.75 Å². The molecule has 1 N–H and O–H groups in total. The molecule has 0 fully saturated rings. The Labute approximate surface area is 125 Å². The molecule has 0 bridgehead atoms. The fourth-order valence-electron chi connectivity index (χ4n) is 1.88. The second-order valence-corrected chi connectivity index (χ2v) is 6.08. The second kappa shape index (κ2) is 6.75. The Morgan fingerprint density at radius 3 is 2.80 bits per heavy atom. The lowest BCUT2D eigenvalue weighted by Crippen LogP contribution is -2.10. The molecule has 4 heteroatoms. The fraction of sp³-hybridized carbons (Fsp3) is 0.438. The number of ether oxygens (including phenoxy) is 1. The van der Waals surface area contributed by atoms with Crippen LogP contribution < -0.4 is 10.1 Å². The van der Waals surface area contributed by atoms with E-state index in [9.17, 15) is 0 Å². The Morgan fingerprint density at radius 1 is 1.35 bits per heavy atom. The van der Waals surface area contributed by atoms with Crippen LogP contribution in [0.1, 0.15) is 43.9 Å². The van der Waals surface area contributed by atoms with Crippen molar-refractivity contribution in [1.29, 1.82) is 0 Å². The molecular weight excluding hydrogens is 268 g/mol. The van der Waals surface area contributed by atoms with Crippen LogP contribution in [0.3, 0.4) is 0 Å². The number of rotatable bonds is 6. The number of nitrogens with zero attached hydrogens (tertiary/aromatic N) is 1. The summed E-state index contributed by atoms with van der Waals surface area (Å²) in [6, 6.07) is 8.30. The molecule has 2 rings (SSSR count). The van der Waals surface area contributed by atoms with Gasteiger partial charge in [-0.3, -0.25) is 0 Å². The van der Waals surface area contributed by atoms with E-state index in [4.69, 9.17) is 4.74 Å². The normalized spacial score (nSPS) is 13.8. The molecule has 2 aromatic rings. The third kappa shape index (κ3) is 3.97. The van der Waals surface area contributed by atoms with E-state index in [0.717, 1.165) is 28.6 Å². The molecule has 0 saturated carbocycles. The topological polar surface area (TPSA) is 34.1 Å². The maximum Gasteiger partial charge on any atom is 0.121 e. The Hall–Kier alpha value is -1.55. The predicted molar refractivity (Wildman–Crippen MR) is 85.7 cm³/mol. The summed E-state index contributed by atoms with van der Waals surface area (Å²) in [6.45, 7) is 8.36. The van der Waals surface area contributed by atoms with Gasteiger partial charge in [0, 0.05) is 17.1 Å². The van der Waals surface area contributed by atoms with Gasteiger partial charge >= 0.3 is 0 Å². The highest BCUT2D eigenvalue weighted by molar-refractivity contribution is 7.09. The van der Waals surface area contributed by atoms with Crippen molar-refractivity contribution >= 4 is 17.0 Å². The highest BCUT2D eigenvalue weighted by Crippen LogP contribution is 2.24. The van der Waals surface area contributed by atoms with Gasteiger partial charge < -0.3 is 10.1 Å². The van der Waals surface area contributed by atoms with Crippen LogP contribution in [0.15, 0.2) is 29.6 Å². The molecule has 0 spiro atoms. The van der Waals surface area contributed by atoms with Gasteiger partial charge in [0.25, 0.3) is 0 Å². The first-order valence-corrected chi connectivity index (χ1v) is 7.91. The summed E-state index contributed by atoms with van der Waals surface area (Å²) in [7, 11) is 0. The Kier molecular flexibility index (Phi) is 5.01. The van der Waals surface area contributed by atoms with E-state index < -0.39 is 0 Å². The summed E-state index contributed by atoms with van der Waals surface area (Å²) in [5.41, 5.74) is 2.14. The van der Waals surface area contributed by atoms with Crippen molar-refractivity contribution < 1.29 is 4.74 Å². The molecule has 0 aliphatic carbocycles. The molecule has 0 aliphatic rings. The predicted octanol–water partition coefficient (Wildman–Crippen LogP) is 4.80. The highest BCUT2D eigenvalue weighted by atomic mass is 32.1. The number of hydrogen-bond acceptors (Lipinski definition) is 4. The summed E-state index contributed by atoms with van der Waals surface area (Å²) in [5, 5.41) is 6.67. The van der Waals surface area contributed by atoms with Crippen LogP contribution >= 0.6 is 11.3 Å². The van der Waals surface area contributed by atoms with Gasteiger partial charge in [-0.25, -0.2) is 4.98 Å². The van der Waals surface area contributed by atoms with Crippen molar-refractivity contribution in [3.63, 3.8) is 0 Å². The largest absolute Gasteiger partial charge is 0.491 e. The maximum absolute atomic E-state index is 5.84. The first-order valence-electron chi connectivity index (χ1n) is 7.03. The summed E-state index contributed by atoms with van der Waals surface area (Å²) < 4.78 is 5.84. The lowest BCUT2D eigenvalue weighted by molar-refractivity contribution is 0.217. The van der Waals surface area contributed by atoms with Crippen LogP contribution in [0.4, 0.5) is 5.69 Å². The van der Waals surface area contributed by atoms with Gasteiger partial charge in [0.2, 0.25) is 0 Å². The van der Waals surface area contributed by atoms with Gasteiger partial charge in [-0.2, -0.15) is 0 Å². The number of aromatic nitrogens is 1. The zero-order valence-corrected chi connectivity index (χ0v) is 13.3. The van der Waals surface area contributed by atoms with Gasteiger partial charge in [-0.1, -0.05) is 13.0 Å². The van der Waals surface area contributed by atoms with Crippen molar-refractivity contribution in [2.24, 2.45) is 0 Å². The monoisotopic (exact) mass is 290 g/mol. The molecule has 3 nitrogen and oxygen atoms in total. The lowest BCUT2D eigenvalue weighted by atomic mass is 10.2. The van der Waals surface area contributed by atoms with Crippen LogP contribution in [0, 0.1) is 6.92 Å². The second-order valence-electron chi connectivity index (χ2n) is 5.02. The Morgan fingerprint density at radius 2 is 2.15 bits per heavy atom. The van der Waals surface area contributed by atoms with E-state index in [1.807, 2.05) is 25.1 Å². The zero-order valence-electron chi connectivity index (χ0n) is 12.5. The molecule has 2 atom stereocenters. The average Bonchev–Trinajstić information content (AvgIpc) is 2.86. The fourth-order valence-corrected chi connectivity index (χ4v) is 2.58. The summed E-state index contributed by atoms with van der Waals surface area (Å²) in [5.74, 6) is 0.908. The molecule has 0 saturated heterocycles. The first kappa shape index (κ1) is 14.9. The number of nitrogens with one attached hydrogen (secondary N) is 1. The quantitative estimate of drug-likeness (QED) is 0.829. The minimum Gasteiger partial charge on any atom is -0.491 e. The van der Waals surface area contributed by atoms with E-state index in [-0.39, 0.29) is 12.1 Å². The van der Waals surface area contributed by atoms with Crippen molar-refractivity contribution in [3.05, 3.63) is 40.3 Å². The molecule has 2 unspecified atom stereocenters. The number of benzene rings is 1. The number of anilines is 1. The molecular formula is C16H22N2OS. The van der Waals surface area contributed by atoms with Gasteiger partial charge in [0.15, 0.2) is 0 Å². The van der Waals surface area contributed by atoms with Crippen molar-refractivity contribution in [2.75, 3.05) is 5.32 Å². The SMILES string of the molecule is CCC(C)Oc1cccc(NC(C)c2csc(C)n2)c1. The first-order chi connectivity index (χ1) is 9.58. The third-order valence-corrected chi connectivity index (χ3v) is 4.00. The molecule has 1 aromatic carbocycles.